The van der Waals surface area contributed by atoms with Crippen LogP contribution in [0.4, 0.5) is 10.5 Å². The number of fused-ring (bicyclic) bond motifs is 1. The monoisotopic (exact) mass is 542 g/mol. The third kappa shape index (κ3) is 4.36. The first kappa shape index (κ1) is 24.6. The third-order valence-corrected chi connectivity index (χ3v) is 7.35. The highest BCUT2D eigenvalue weighted by atomic mass is 35.5. The van der Waals surface area contributed by atoms with E-state index in [1.165, 1.54) is 18.1 Å². The number of nitrogens with one attached hydrogen (secondary N) is 1. The van der Waals surface area contributed by atoms with E-state index in [-0.39, 0.29) is 5.92 Å². The maximum absolute atomic E-state index is 13.4. The summed E-state index contributed by atoms with van der Waals surface area (Å²) in [6.07, 6.45) is 3.49. The number of halogens is 1. The van der Waals surface area contributed by atoms with Gasteiger partial charge in [0.25, 0.3) is 0 Å². The second-order valence-electron chi connectivity index (χ2n) is 9.44. The van der Waals surface area contributed by atoms with Crippen molar-refractivity contribution in [3.05, 3.63) is 94.1 Å². The fraction of sp³-hybridized carbons (Fsp3) is 0.185. The van der Waals surface area contributed by atoms with Crippen molar-refractivity contribution < 1.29 is 14.6 Å². The molecule has 1 aliphatic rings. The summed E-state index contributed by atoms with van der Waals surface area (Å²) in [6, 6.07) is 14.6. The Morgan fingerprint density at radius 2 is 2.00 bits per heavy atom. The van der Waals surface area contributed by atoms with Gasteiger partial charge in [-0.25, -0.2) is 9.78 Å². The van der Waals surface area contributed by atoms with E-state index in [4.69, 9.17) is 16.6 Å². The normalized spacial score (nSPS) is 14.4. The van der Waals surface area contributed by atoms with Crippen LogP contribution in [0.25, 0.3) is 28.1 Å². The maximum Gasteiger partial charge on any atom is 0.411 e. The number of anilines is 1. The second-order valence-corrected chi connectivity index (χ2v) is 9.88. The first-order valence-corrected chi connectivity index (χ1v) is 12.6. The molecule has 3 heterocycles. The van der Waals surface area contributed by atoms with E-state index >= 15 is 0 Å². The van der Waals surface area contributed by atoms with Gasteiger partial charge in [0.05, 0.1) is 17.1 Å². The number of benzene rings is 2. The number of aryl methyl sites for hydroxylation is 2. The van der Waals surface area contributed by atoms with Crippen molar-refractivity contribution in [3.63, 3.8) is 0 Å². The van der Waals surface area contributed by atoms with Crippen molar-refractivity contribution in [2.24, 2.45) is 0 Å². The molecule has 12 heteroatoms. The number of pyridine rings is 1. The zero-order valence-electron chi connectivity index (χ0n) is 21.0. The molecule has 0 aliphatic heterocycles. The van der Waals surface area contributed by atoms with Crippen molar-refractivity contribution in [2.45, 2.75) is 25.7 Å². The van der Waals surface area contributed by atoms with E-state index in [9.17, 15) is 15.1 Å². The van der Waals surface area contributed by atoms with Gasteiger partial charge in [-0.05, 0) is 72.2 Å². The number of tetrazole rings is 1. The van der Waals surface area contributed by atoms with Crippen molar-refractivity contribution in [3.8, 4) is 28.1 Å². The molecule has 1 unspecified atom stereocenters. The molecular formula is C27H23ClN8O3. The number of H-pyrrole nitrogens is 1. The molecule has 1 atom stereocenters. The number of amides is 1. The van der Waals surface area contributed by atoms with E-state index in [2.05, 4.69) is 20.5 Å². The van der Waals surface area contributed by atoms with Gasteiger partial charge in [0.1, 0.15) is 18.1 Å². The summed E-state index contributed by atoms with van der Waals surface area (Å²) < 4.78 is 2.47. The van der Waals surface area contributed by atoms with Crippen molar-refractivity contribution in [1.29, 1.82) is 0 Å². The number of hydrogen-bond acceptors (Lipinski definition) is 6. The molecule has 196 valence electrons. The van der Waals surface area contributed by atoms with E-state index in [0.29, 0.717) is 22.1 Å². The van der Waals surface area contributed by atoms with Crippen LogP contribution in [0.15, 0.2) is 61.1 Å². The lowest BCUT2D eigenvalue weighted by Gasteiger charge is -2.13. The third-order valence-electron chi connectivity index (χ3n) is 7.11. The Morgan fingerprint density at radius 3 is 2.72 bits per heavy atom. The average molecular weight is 543 g/mol. The van der Waals surface area contributed by atoms with Gasteiger partial charge in [0.15, 0.2) is 6.20 Å². The van der Waals surface area contributed by atoms with Crippen LogP contribution in [-0.4, -0.2) is 48.4 Å². The first-order chi connectivity index (χ1) is 18.8. The molecule has 2 N–H and O–H groups in total. The van der Waals surface area contributed by atoms with Gasteiger partial charge < -0.3 is 15.3 Å². The molecule has 0 radical (unpaired) electrons. The van der Waals surface area contributed by atoms with Gasteiger partial charge in [-0.1, -0.05) is 23.7 Å². The van der Waals surface area contributed by atoms with Crippen LogP contribution in [0, 0.1) is 12.1 Å². The molecule has 39 heavy (non-hydrogen) atoms. The molecule has 0 bridgehead atoms. The van der Waals surface area contributed by atoms with Gasteiger partial charge in [-0.15, -0.1) is 5.10 Å². The Labute approximate surface area is 227 Å². The minimum atomic E-state index is -1.03. The van der Waals surface area contributed by atoms with Gasteiger partial charge in [0.2, 0.25) is 5.69 Å². The van der Waals surface area contributed by atoms with Crippen LogP contribution in [0.3, 0.4) is 0 Å². The van der Waals surface area contributed by atoms with Crippen LogP contribution >= 0.6 is 11.6 Å². The number of carboxylic acid groups (broad SMARTS) is 1. The lowest BCUT2D eigenvalue weighted by atomic mass is 10.0. The second kappa shape index (κ2) is 9.52. The van der Waals surface area contributed by atoms with Crippen LogP contribution in [-0.2, 0) is 6.42 Å². The Balaban J connectivity index is 1.34. The Kier molecular flexibility index (Phi) is 5.99. The number of imidazole rings is 1. The van der Waals surface area contributed by atoms with E-state index < -0.39 is 6.09 Å². The molecule has 0 spiro atoms. The Hall–Kier alpha value is -4.77. The van der Waals surface area contributed by atoms with Crippen LogP contribution in [0.1, 0.15) is 35.1 Å². The van der Waals surface area contributed by atoms with Crippen molar-refractivity contribution in [1.82, 2.24) is 30.2 Å². The van der Waals surface area contributed by atoms with Crippen LogP contribution in [0.2, 0.25) is 5.02 Å². The molecule has 2 aromatic carbocycles. The molecule has 1 aliphatic carbocycles. The van der Waals surface area contributed by atoms with Gasteiger partial charge in [-0.3, -0.25) is 4.90 Å². The predicted octanol–water partition coefficient (Wildman–Crippen LogP) is 4.51. The number of rotatable bonds is 5. The molecule has 11 nitrogen and oxygen atoms in total. The van der Waals surface area contributed by atoms with E-state index in [0.717, 1.165) is 61.9 Å². The molecule has 0 saturated heterocycles. The summed E-state index contributed by atoms with van der Waals surface area (Å²) in [5.41, 5.74) is 6.90. The van der Waals surface area contributed by atoms with Gasteiger partial charge in [0, 0.05) is 34.4 Å². The summed E-state index contributed by atoms with van der Waals surface area (Å²) in [7, 11) is 1.50. The zero-order valence-corrected chi connectivity index (χ0v) is 21.8. The summed E-state index contributed by atoms with van der Waals surface area (Å²) >= 11 is 6.31. The first-order valence-electron chi connectivity index (χ1n) is 12.2. The molecule has 6 rings (SSSR count). The number of nitrogens with zero attached hydrogens (tertiary/aromatic N) is 7. The molecule has 1 amide bonds. The van der Waals surface area contributed by atoms with Crippen LogP contribution < -0.4 is 9.63 Å². The molecule has 0 fully saturated rings. The molecule has 5 aromatic rings. The van der Waals surface area contributed by atoms with Gasteiger partial charge >= 0.3 is 6.09 Å². The number of aromatic amines is 1. The van der Waals surface area contributed by atoms with Crippen molar-refractivity contribution >= 4 is 23.4 Å². The predicted molar refractivity (Wildman–Crippen MR) is 144 cm³/mol. The van der Waals surface area contributed by atoms with Crippen LogP contribution in [0.5, 0.6) is 0 Å². The molecule has 3 aromatic heterocycles. The minimum absolute atomic E-state index is 0.185. The lowest BCUT2D eigenvalue weighted by Crippen LogP contribution is -2.33. The highest BCUT2D eigenvalue weighted by molar-refractivity contribution is 6.31. The maximum atomic E-state index is 13.4. The number of hydrogen-bond donors (Lipinski definition) is 2. The fourth-order valence-electron chi connectivity index (χ4n) is 5.17. The van der Waals surface area contributed by atoms with E-state index in [1.54, 1.807) is 30.5 Å². The van der Waals surface area contributed by atoms with Gasteiger partial charge in [-0.2, -0.15) is 9.41 Å². The average Bonchev–Trinajstić information content (AvgIpc) is 3.68. The van der Waals surface area contributed by atoms with Crippen molar-refractivity contribution in [2.75, 3.05) is 11.9 Å². The summed E-state index contributed by atoms with van der Waals surface area (Å²) in [5, 5.41) is 34.6. The lowest BCUT2D eigenvalue weighted by molar-refractivity contribution is -0.614. The standard InChI is InChI=1S/C27H23ClN8O3/c1-15-24(16-3-7-20(8-4-16)34(2)27(37)38)31-26(30-15)21-9-5-17-11-18(13-36(39)25(17)21)22-12-19(28)6-10-23(22)35-14-29-32-33-35/h3-4,6-8,10-14,21H,5,9H2,1-2H3,(H,30,31)(H,37,38). The largest absolute Gasteiger partial charge is 0.618 e. The Morgan fingerprint density at radius 1 is 1.21 bits per heavy atom. The SMILES string of the molecule is Cc1nc(C2CCc3cc(-c4cc(Cl)ccc4-n4cnnn4)c[n+]([O-])c32)[nH]c1-c1ccc(N(C)C(=O)O)cc1. The smallest absolute Gasteiger partial charge is 0.411 e. The quantitative estimate of drug-likeness (QED) is 0.246. The summed E-state index contributed by atoms with van der Waals surface area (Å²) in [6.45, 7) is 1.91. The molecule has 0 saturated carbocycles. The summed E-state index contributed by atoms with van der Waals surface area (Å²) in [4.78, 5) is 20.6. The molecular weight excluding hydrogens is 520 g/mol. The minimum Gasteiger partial charge on any atom is -0.618 e. The number of aromatic nitrogens is 7. The summed E-state index contributed by atoms with van der Waals surface area (Å²) in [5.74, 6) is 0.539. The number of carbonyl (C=O) groups is 1. The highest BCUT2D eigenvalue weighted by Crippen LogP contribution is 2.39. The zero-order chi connectivity index (χ0) is 27.3. The van der Waals surface area contributed by atoms with E-state index in [1.807, 2.05) is 31.2 Å². The Bertz CT molecular complexity index is 1700. The highest BCUT2D eigenvalue weighted by Gasteiger charge is 2.35. The topological polar surface area (TPSA) is 140 Å². The fourth-order valence-corrected chi connectivity index (χ4v) is 5.34.